The highest BCUT2D eigenvalue weighted by molar-refractivity contribution is 6.35. The van der Waals surface area contributed by atoms with Gasteiger partial charge in [0, 0.05) is 87.2 Å². The molecule has 9 rings (SSSR count). The van der Waals surface area contributed by atoms with E-state index in [1.54, 1.807) is 47.8 Å². The number of carboxylic acids is 1. The first-order valence-corrected chi connectivity index (χ1v) is 30.3. The number of ether oxygens (including phenoxy) is 5. The first-order chi connectivity index (χ1) is 44.1. The standard InChI is InChI=1S/C59H73ClF2N18O11/c1-35(42-5-3-4-6-43(42)61)70-52-49(60)36(2)69-46-27-44(62)50(73-51(46)52)38-28-67-59(68-29-38)79-16-14-78(15-17-79)48(82)34-90-20-18-80-32-41(76-77-80)33-91-26-25-89-24-23-88-22-21-87-19-13-64-47(81)12-11-45(57(85)86)72-55(83)37-7-9-39(10-8-37)65-30-40-31-66-54-53(71-40)56(84)75-58(63)74-54/h3-6,27-29,31-32,35,37,39,45,65H,7-26,30,33-34H2,1-2H3,(H,64,81)(H,69,70)(H,72,83)(H,85,86)(H3,63,66,74,75,84)/t35-,37?,39?,45+/m1/s1. The van der Waals surface area contributed by atoms with E-state index in [1.165, 1.54) is 30.7 Å². The summed E-state index contributed by atoms with van der Waals surface area (Å²) in [5.41, 5.74) is 8.71. The van der Waals surface area contributed by atoms with Crippen LogP contribution in [0, 0.1) is 24.5 Å². The predicted octanol–water partition coefficient (Wildman–Crippen LogP) is 3.45. The predicted molar refractivity (Wildman–Crippen MR) is 327 cm³/mol. The number of nitrogens with one attached hydrogen (secondary N) is 5. The number of amides is 3. The number of carbonyl (C=O) groups is 4. The second-order valence-electron chi connectivity index (χ2n) is 21.7. The number of anilines is 3. The highest BCUT2D eigenvalue weighted by Gasteiger charge is 2.30. The molecule has 91 heavy (non-hydrogen) atoms. The van der Waals surface area contributed by atoms with Crippen LogP contribution < -0.4 is 37.5 Å². The summed E-state index contributed by atoms with van der Waals surface area (Å²) in [4.78, 5) is 99.2. The first kappa shape index (κ1) is 66.8. The molecule has 1 saturated carbocycles. The van der Waals surface area contributed by atoms with E-state index >= 15 is 4.39 Å². The van der Waals surface area contributed by atoms with Gasteiger partial charge in [-0.05, 0) is 52.0 Å². The zero-order valence-electron chi connectivity index (χ0n) is 50.4. The fourth-order valence-electron chi connectivity index (χ4n) is 10.3. The minimum absolute atomic E-state index is 0.00271. The van der Waals surface area contributed by atoms with Crippen LogP contribution in [0.2, 0.25) is 5.02 Å². The fourth-order valence-corrected chi connectivity index (χ4v) is 10.5. The number of aromatic amines is 1. The van der Waals surface area contributed by atoms with E-state index in [4.69, 9.17) is 41.0 Å². The van der Waals surface area contributed by atoms with Crippen LogP contribution in [-0.4, -0.2) is 193 Å². The maximum Gasteiger partial charge on any atom is 0.326 e. The van der Waals surface area contributed by atoms with Gasteiger partial charge in [-0.1, -0.05) is 35.0 Å². The molecule has 3 amide bonds. The monoisotopic (exact) mass is 1280 g/mol. The van der Waals surface area contributed by atoms with Crippen LogP contribution >= 0.6 is 11.6 Å². The quantitative estimate of drug-likeness (QED) is 0.0290. The molecular formula is C59H73ClF2N18O11. The second kappa shape index (κ2) is 32.9. The van der Waals surface area contributed by atoms with E-state index in [1.807, 2.05) is 4.90 Å². The average molecular weight is 1280 g/mol. The SMILES string of the molecule is Cc1nc2cc(F)c(-c3cnc(N4CCN(C(=O)COCCn5cc(COCCOCCOCCOCCNC(=O)CC[C@H](NC(=O)C6CCC(NCc7cnc8nc(N)[nH]c(=O)c8n7)CC6)C(=O)O)nn5)CC4)nc3)nc2c(N[C@H](C)c2ccccc2F)c1Cl. The summed E-state index contributed by atoms with van der Waals surface area (Å²) >= 11 is 6.70. The Balaban J connectivity index is 0.556. The van der Waals surface area contributed by atoms with E-state index in [9.17, 15) is 33.5 Å². The molecule has 486 valence electrons. The number of pyridine rings is 2. The number of halogens is 3. The van der Waals surface area contributed by atoms with Gasteiger partial charge in [-0.2, -0.15) is 4.98 Å². The number of carbonyl (C=O) groups excluding carboxylic acids is 3. The summed E-state index contributed by atoms with van der Waals surface area (Å²) in [5.74, 6) is -3.08. The average Bonchev–Trinajstić information content (AvgIpc) is 1.45. The van der Waals surface area contributed by atoms with Gasteiger partial charge in [0.15, 0.2) is 17.0 Å². The number of aromatic nitrogens is 11. The van der Waals surface area contributed by atoms with E-state index < -0.39 is 29.4 Å². The molecule has 2 fully saturated rings. The summed E-state index contributed by atoms with van der Waals surface area (Å²) in [6.45, 7) is 8.75. The minimum Gasteiger partial charge on any atom is -0.480 e. The van der Waals surface area contributed by atoms with Gasteiger partial charge in [-0.3, -0.25) is 24.2 Å². The number of fused-ring (bicyclic) bond motifs is 2. The van der Waals surface area contributed by atoms with E-state index in [0.717, 1.165) is 0 Å². The number of aliphatic carboxylic acids is 1. The molecule has 32 heteroatoms. The van der Waals surface area contributed by atoms with Crippen molar-refractivity contribution in [3.05, 3.63) is 105 Å². The van der Waals surface area contributed by atoms with E-state index in [2.05, 4.69) is 71.5 Å². The number of aryl methyl sites for hydroxylation is 1. The van der Waals surface area contributed by atoms with Gasteiger partial charge in [0.05, 0.1) is 112 Å². The van der Waals surface area contributed by atoms with Crippen LogP contribution in [0.1, 0.15) is 74.1 Å². The van der Waals surface area contributed by atoms with Crippen molar-refractivity contribution in [1.29, 1.82) is 0 Å². The largest absolute Gasteiger partial charge is 0.480 e. The molecule has 29 nitrogen and oxygen atoms in total. The molecule has 7 heterocycles. The van der Waals surface area contributed by atoms with Gasteiger partial charge in [0.25, 0.3) is 5.56 Å². The molecular weight excluding hydrogens is 1210 g/mol. The zero-order valence-corrected chi connectivity index (χ0v) is 51.1. The molecule has 1 aliphatic carbocycles. The lowest BCUT2D eigenvalue weighted by Crippen LogP contribution is -2.50. The number of carboxylic acid groups (broad SMARTS) is 1. The molecule has 8 N–H and O–H groups in total. The number of nitrogens with two attached hydrogens (primary N) is 1. The van der Waals surface area contributed by atoms with Crippen LogP contribution in [0.4, 0.5) is 26.4 Å². The van der Waals surface area contributed by atoms with Gasteiger partial charge < -0.3 is 65.6 Å². The third-order valence-electron chi connectivity index (χ3n) is 15.2. The van der Waals surface area contributed by atoms with Crippen LogP contribution in [0.15, 0.2) is 59.9 Å². The number of nitrogen functional groups attached to an aromatic ring is 1. The Bertz CT molecular complexity index is 3670. The van der Waals surface area contributed by atoms with Gasteiger partial charge in [-0.25, -0.2) is 48.2 Å². The fraction of sp³-hybridized carbons (Fsp3) is 0.492. The van der Waals surface area contributed by atoms with Crippen molar-refractivity contribution >= 4 is 75.1 Å². The van der Waals surface area contributed by atoms with Gasteiger partial charge in [-0.15, -0.1) is 5.10 Å². The number of piperazine rings is 1. The maximum atomic E-state index is 15.6. The van der Waals surface area contributed by atoms with Crippen molar-refractivity contribution in [1.82, 2.24) is 75.7 Å². The number of H-pyrrole nitrogens is 1. The van der Waals surface area contributed by atoms with Crippen LogP contribution in [0.25, 0.3) is 33.5 Å². The normalized spacial score (nSPS) is 15.8. The van der Waals surface area contributed by atoms with Gasteiger partial charge in [0.2, 0.25) is 29.6 Å². The Hall–Kier alpha value is -8.59. The highest BCUT2D eigenvalue weighted by Crippen LogP contribution is 2.37. The Morgan fingerprint density at radius 3 is 2.27 bits per heavy atom. The van der Waals surface area contributed by atoms with Gasteiger partial charge >= 0.3 is 5.97 Å². The lowest BCUT2D eigenvalue weighted by Gasteiger charge is -2.34. The Labute approximate surface area is 525 Å². The van der Waals surface area contributed by atoms with Crippen molar-refractivity contribution in [2.24, 2.45) is 5.92 Å². The Kier molecular flexibility index (Phi) is 24.2. The smallest absolute Gasteiger partial charge is 0.326 e. The molecule has 0 bridgehead atoms. The molecule has 1 aromatic carbocycles. The highest BCUT2D eigenvalue weighted by atomic mass is 35.5. The third-order valence-corrected chi connectivity index (χ3v) is 15.7. The lowest BCUT2D eigenvalue weighted by atomic mass is 9.85. The van der Waals surface area contributed by atoms with Crippen molar-refractivity contribution < 1.29 is 56.7 Å². The molecule has 2 aliphatic rings. The molecule has 1 saturated heterocycles. The van der Waals surface area contributed by atoms with Crippen LogP contribution in [0.5, 0.6) is 0 Å². The molecule has 0 radical (unpaired) electrons. The number of nitrogens with zero attached hydrogens (tertiary/aromatic N) is 12. The summed E-state index contributed by atoms with van der Waals surface area (Å²) < 4.78 is 59.8. The van der Waals surface area contributed by atoms with E-state index in [-0.39, 0.29) is 121 Å². The number of hydrogen-bond acceptors (Lipinski definition) is 23. The zero-order chi connectivity index (χ0) is 64.2. The maximum absolute atomic E-state index is 15.6. The van der Waals surface area contributed by atoms with Crippen LogP contribution in [0.3, 0.4) is 0 Å². The van der Waals surface area contributed by atoms with Crippen LogP contribution in [-0.2, 0) is 62.6 Å². The second-order valence-corrected chi connectivity index (χ2v) is 22.1. The van der Waals surface area contributed by atoms with Gasteiger partial charge in [0.1, 0.15) is 35.4 Å². The van der Waals surface area contributed by atoms with Crippen molar-refractivity contribution in [2.45, 2.75) is 90.2 Å². The summed E-state index contributed by atoms with van der Waals surface area (Å²) in [7, 11) is 0. The molecule has 6 aromatic heterocycles. The number of rotatable bonds is 33. The molecule has 2 atom stereocenters. The Morgan fingerprint density at radius 1 is 0.835 bits per heavy atom. The van der Waals surface area contributed by atoms with Crippen molar-refractivity contribution in [3.8, 4) is 11.3 Å². The van der Waals surface area contributed by atoms with E-state index in [0.29, 0.717) is 143 Å². The topological polar surface area (TPSA) is 369 Å². The molecule has 0 unspecified atom stereocenters. The minimum atomic E-state index is -1.22. The molecule has 1 aliphatic heterocycles. The first-order valence-electron chi connectivity index (χ1n) is 29.9. The van der Waals surface area contributed by atoms with Crippen molar-refractivity contribution in [2.75, 3.05) is 108 Å². The summed E-state index contributed by atoms with van der Waals surface area (Å²) in [6, 6.07) is 6.06. The Morgan fingerprint density at radius 2 is 1.55 bits per heavy atom. The van der Waals surface area contributed by atoms with Crippen molar-refractivity contribution in [3.63, 3.8) is 0 Å². The molecule has 7 aromatic rings. The third kappa shape index (κ3) is 19.0. The summed E-state index contributed by atoms with van der Waals surface area (Å²) in [6.07, 6.45) is 8.53. The summed E-state index contributed by atoms with van der Waals surface area (Å²) in [5, 5.41) is 30.2. The molecule has 0 spiro atoms. The lowest BCUT2D eigenvalue weighted by molar-refractivity contribution is -0.143. The number of hydrogen-bond donors (Lipinski definition) is 7. The number of benzene rings is 1.